The fraction of sp³-hybridized carbons (Fsp3) is 0.562. The lowest BCUT2D eigenvalue weighted by atomic mass is 9.90. The van der Waals surface area contributed by atoms with E-state index >= 15 is 0 Å². The molecule has 0 fully saturated rings. The van der Waals surface area contributed by atoms with E-state index in [1.165, 1.54) is 25.7 Å². The first-order chi connectivity index (χ1) is 9.56. The predicted molar refractivity (Wildman–Crippen MR) is 88.3 cm³/mol. The highest BCUT2D eigenvalue weighted by Crippen LogP contribution is 2.25. The quantitative estimate of drug-likeness (QED) is 0.571. The number of nitrogens with zero attached hydrogens (tertiary/aromatic N) is 2. The first kappa shape index (κ1) is 15.4. The molecule has 4 heteroatoms. The van der Waals surface area contributed by atoms with Gasteiger partial charge in [0, 0.05) is 16.5 Å². The molecule has 0 bridgehead atoms. The van der Waals surface area contributed by atoms with Gasteiger partial charge < -0.3 is 0 Å². The minimum Gasteiger partial charge on any atom is -0.262 e. The Balaban J connectivity index is 2.22. The first-order valence-electron chi connectivity index (χ1n) is 7.48. The third kappa shape index (κ3) is 3.03. The van der Waals surface area contributed by atoms with E-state index in [0.717, 1.165) is 22.9 Å². The van der Waals surface area contributed by atoms with E-state index in [-0.39, 0.29) is 0 Å². The average Bonchev–Trinajstić information content (AvgIpc) is 2.84. The van der Waals surface area contributed by atoms with Crippen LogP contribution >= 0.6 is 11.6 Å². The molecule has 0 N–H and O–H groups in total. The molecule has 2 rings (SSSR count). The van der Waals surface area contributed by atoms with Gasteiger partial charge in [0.25, 0.3) is 0 Å². The van der Waals surface area contributed by atoms with E-state index in [1.807, 2.05) is 13.1 Å². The molecule has 0 saturated heterocycles. The van der Waals surface area contributed by atoms with Crippen LogP contribution in [-0.2, 0) is 0 Å². The van der Waals surface area contributed by atoms with E-state index in [1.54, 1.807) is 0 Å². The number of fused-ring (bicyclic) bond motifs is 1. The number of hydrogen-bond acceptors (Lipinski definition) is 1. The van der Waals surface area contributed by atoms with Gasteiger partial charge in [0.1, 0.15) is 7.85 Å². The van der Waals surface area contributed by atoms with E-state index in [4.69, 9.17) is 19.4 Å². The number of aryl methyl sites for hydroxylation is 1. The average molecular weight is 289 g/mol. The number of hydrogen-bond donors (Lipinski definition) is 0. The van der Waals surface area contributed by atoms with Gasteiger partial charge in [-0.2, -0.15) is 5.10 Å². The van der Waals surface area contributed by atoms with Gasteiger partial charge in [-0.15, -0.1) is 0 Å². The highest BCUT2D eigenvalue weighted by molar-refractivity contribution is 6.49. The largest absolute Gasteiger partial charge is 0.262 e. The first-order valence-corrected chi connectivity index (χ1v) is 7.85. The summed E-state index contributed by atoms with van der Waals surface area (Å²) in [7, 11) is 6.09. The molecule has 2 nitrogen and oxygen atoms in total. The van der Waals surface area contributed by atoms with Crippen LogP contribution in [0.2, 0.25) is 5.02 Å². The molecule has 0 aliphatic heterocycles. The Morgan fingerprint density at radius 1 is 1.35 bits per heavy atom. The molecule has 0 aliphatic rings. The summed E-state index contributed by atoms with van der Waals surface area (Å²) in [4.78, 5) is 0. The van der Waals surface area contributed by atoms with Crippen molar-refractivity contribution in [3.63, 3.8) is 0 Å². The van der Waals surface area contributed by atoms with Crippen LogP contribution in [-0.4, -0.2) is 17.6 Å². The lowest BCUT2D eigenvalue weighted by Gasteiger charge is -2.14. The number of benzene rings is 1. The lowest BCUT2D eigenvalue weighted by Crippen LogP contribution is -2.10. The van der Waals surface area contributed by atoms with Crippen LogP contribution in [0, 0.1) is 6.92 Å². The van der Waals surface area contributed by atoms with E-state index in [0.29, 0.717) is 16.5 Å². The zero-order valence-corrected chi connectivity index (χ0v) is 13.4. The summed E-state index contributed by atoms with van der Waals surface area (Å²) in [5.41, 5.74) is 2.75. The minimum atomic E-state index is 0.393. The maximum absolute atomic E-state index is 6.20. The van der Waals surface area contributed by atoms with Crippen molar-refractivity contribution in [2.45, 2.75) is 58.9 Å². The molecular weight excluding hydrogens is 266 g/mol. The standard InChI is InChI=1S/C16H22BClN2/c1-4-5-6-7-8-12(3)20-14-9-11(2)16(18)15(17)13(14)10-19-20/h9-10,12H,4-8H2,1-3H3. The summed E-state index contributed by atoms with van der Waals surface area (Å²) in [6.07, 6.45) is 8.11. The topological polar surface area (TPSA) is 17.8 Å². The third-order valence-electron chi connectivity index (χ3n) is 3.95. The van der Waals surface area contributed by atoms with Gasteiger partial charge >= 0.3 is 0 Å². The van der Waals surface area contributed by atoms with E-state index < -0.39 is 0 Å². The zero-order chi connectivity index (χ0) is 14.7. The number of aromatic nitrogens is 2. The maximum Gasteiger partial charge on any atom is 0.116 e. The molecule has 1 atom stereocenters. The van der Waals surface area contributed by atoms with Crippen molar-refractivity contribution < 1.29 is 0 Å². The van der Waals surface area contributed by atoms with Crippen molar-refractivity contribution in [2.75, 3.05) is 0 Å². The predicted octanol–water partition coefficient (Wildman–Crippen LogP) is 4.32. The van der Waals surface area contributed by atoms with Crippen molar-refractivity contribution in [2.24, 2.45) is 0 Å². The van der Waals surface area contributed by atoms with Crippen LogP contribution < -0.4 is 5.46 Å². The molecule has 1 aromatic carbocycles. The summed E-state index contributed by atoms with van der Waals surface area (Å²) in [5, 5.41) is 6.12. The molecule has 1 unspecified atom stereocenters. The van der Waals surface area contributed by atoms with Crippen LogP contribution in [0.3, 0.4) is 0 Å². The molecule has 2 aromatic rings. The third-order valence-corrected chi connectivity index (χ3v) is 4.45. The zero-order valence-electron chi connectivity index (χ0n) is 12.6. The molecule has 2 radical (unpaired) electrons. The Kier molecular flexibility index (Phi) is 5.14. The summed E-state index contributed by atoms with van der Waals surface area (Å²) in [6.45, 7) is 6.44. The summed E-state index contributed by atoms with van der Waals surface area (Å²) in [5.74, 6) is 0. The number of rotatable bonds is 6. The second kappa shape index (κ2) is 6.67. The van der Waals surface area contributed by atoms with Gasteiger partial charge in [0.05, 0.1) is 11.7 Å². The minimum absolute atomic E-state index is 0.393. The van der Waals surface area contributed by atoms with E-state index in [2.05, 4.69) is 29.7 Å². The second-order valence-corrected chi connectivity index (χ2v) is 6.02. The van der Waals surface area contributed by atoms with Crippen molar-refractivity contribution in [1.82, 2.24) is 9.78 Å². The highest BCUT2D eigenvalue weighted by Gasteiger charge is 2.13. The summed E-state index contributed by atoms with van der Waals surface area (Å²) < 4.78 is 2.08. The lowest BCUT2D eigenvalue weighted by molar-refractivity contribution is 0.447. The Labute approximate surface area is 127 Å². The van der Waals surface area contributed by atoms with E-state index in [9.17, 15) is 0 Å². The molecule has 20 heavy (non-hydrogen) atoms. The van der Waals surface area contributed by atoms with Gasteiger partial charge in [0.2, 0.25) is 0 Å². The molecule has 1 aromatic heterocycles. The smallest absolute Gasteiger partial charge is 0.116 e. The van der Waals surface area contributed by atoms with Crippen molar-refractivity contribution in [3.8, 4) is 0 Å². The fourth-order valence-electron chi connectivity index (χ4n) is 2.66. The van der Waals surface area contributed by atoms with Crippen molar-refractivity contribution in [1.29, 1.82) is 0 Å². The molecule has 0 spiro atoms. The molecular formula is C16H22BClN2. The highest BCUT2D eigenvalue weighted by atomic mass is 35.5. The van der Waals surface area contributed by atoms with Gasteiger partial charge in [-0.25, -0.2) is 0 Å². The van der Waals surface area contributed by atoms with Crippen LogP contribution in [0.1, 0.15) is 57.6 Å². The van der Waals surface area contributed by atoms with Crippen LogP contribution in [0.15, 0.2) is 12.3 Å². The molecule has 1 heterocycles. The second-order valence-electron chi connectivity index (χ2n) is 5.64. The molecule has 0 aliphatic carbocycles. The molecule has 106 valence electrons. The SMILES string of the molecule is [B]c1c(Cl)c(C)cc2c1cnn2C(C)CCCCCC. The van der Waals surface area contributed by atoms with Crippen molar-refractivity contribution >= 4 is 35.8 Å². The Morgan fingerprint density at radius 3 is 2.80 bits per heavy atom. The van der Waals surface area contributed by atoms with Crippen LogP contribution in [0.5, 0.6) is 0 Å². The van der Waals surface area contributed by atoms with Gasteiger partial charge in [-0.05, 0) is 31.9 Å². The van der Waals surface area contributed by atoms with Gasteiger partial charge in [0.15, 0.2) is 0 Å². The molecule has 0 amide bonds. The monoisotopic (exact) mass is 288 g/mol. The number of halogens is 1. The normalized spacial score (nSPS) is 13.0. The summed E-state index contributed by atoms with van der Waals surface area (Å²) in [6, 6.07) is 2.48. The number of unbranched alkanes of at least 4 members (excludes halogenated alkanes) is 3. The fourth-order valence-corrected chi connectivity index (χ4v) is 2.82. The van der Waals surface area contributed by atoms with Crippen molar-refractivity contribution in [3.05, 3.63) is 22.8 Å². The summed E-state index contributed by atoms with van der Waals surface area (Å²) >= 11 is 6.20. The van der Waals surface area contributed by atoms with Crippen LogP contribution in [0.4, 0.5) is 0 Å². The van der Waals surface area contributed by atoms with Gasteiger partial charge in [-0.1, -0.05) is 49.7 Å². The maximum atomic E-state index is 6.20. The Bertz CT molecular complexity index is 592. The Hall–Kier alpha value is -0.955. The molecule has 0 saturated carbocycles. The Morgan fingerprint density at radius 2 is 2.10 bits per heavy atom. The van der Waals surface area contributed by atoms with Gasteiger partial charge in [-0.3, -0.25) is 4.68 Å². The van der Waals surface area contributed by atoms with Crippen LogP contribution in [0.25, 0.3) is 10.9 Å².